The van der Waals surface area contributed by atoms with E-state index in [9.17, 15) is 9.59 Å². The van der Waals surface area contributed by atoms with Crippen molar-refractivity contribution in [3.05, 3.63) is 45.7 Å². The number of carbonyl (C=O) groups is 1. The molecule has 0 spiro atoms. The molecule has 0 radical (unpaired) electrons. The molecule has 0 bridgehead atoms. The van der Waals surface area contributed by atoms with Crippen LogP contribution in [0.4, 0.5) is 0 Å². The highest BCUT2D eigenvalue weighted by atomic mass is 16.5. The summed E-state index contributed by atoms with van der Waals surface area (Å²) in [4.78, 5) is 25.9. The van der Waals surface area contributed by atoms with Crippen molar-refractivity contribution in [2.45, 2.75) is 32.2 Å². The minimum Gasteiger partial charge on any atom is -0.351 e. The van der Waals surface area contributed by atoms with Crippen molar-refractivity contribution in [2.75, 3.05) is 13.1 Å². The molecule has 2 aromatic rings. The first-order valence-electron chi connectivity index (χ1n) is 8.00. The summed E-state index contributed by atoms with van der Waals surface area (Å²) in [6.45, 7) is 1.79. The third-order valence-electron chi connectivity index (χ3n) is 4.60. The van der Waals surface area contributed by atoms with E-state index >= 15 is 0 Å². The molecule has 0 aromatic carbocycles. The second kappa shape index (κ2) is 5.64. The molecule has 1 fully saturated rings. The summed E-state index contributed by atoms with van der Waals surface area (Å²) in [5.74, 6) is 0.366. The van der Waals surface area contributed by atoms with Crippen molar-refractivity contribution in [1.82, 2.24) is 19.8 Å². The molecular weight excluding hydrogens is 296 g/mol. The average Bonchev–Trinajstić information content (AvgIpc) is 3.04. The maximum Gasteiger partial charge on any atom is 0.292 e. The summed E-state index contributed by atoms with van der Waals surface area (Å²) in [6.07, 6.45) is 5.65. The molecule has 7 heteroatoms. The molecule has 0 N–H and O–H groups in total. The Morgan fingerprint density at radius 3 is 2.91 bits per heavy atom. The van der Waals surface area contributed by atoms with Gasteiger partial charge in [-0.25, -0.2) is 4.68 Å². The Morgan fingerprint density at radius 1 is 1.30 bits per heavy atom. The number of aryl methyl sites for hydroxylation is 2. The fourth-order valence-corrected chi connectivity index (χ4v) is 3.31. The van der Waals surface area contributed by atoms with Gasteiger partial charge in [0.25, 0.3) is 11.5 Å². The highest BCUT2D eigenvalue weighted by molar-refractivity contribution is 5.91. The molecule has 4 rings (SSSR count). The van der Waals surface area contributed by atoms with Crippen LogP contribution in [0.5, 0.6) is 0 Å². The zero-order chi connectivity index (χ0) is 15.8. The maximum absolute atomic E-state index is 12.2. The van der Waals surface area contributed by atoms with E-state index in [0.29, 0.717) is 19.6 Å². The largest absolute Gasteiger partial charge is 0.351 e. The van der Waals surface area contributed by atoms with Crippen LogP contribution in [0, 0.1) is 5.92 Å². The van der Waals surface area contributed by atoms with Crippen molar-refractivity contribution in [3.8, 4) is 0 Å². The van der Waals surface area contributed by atoms with Crippen molar-refractivity contribution in [2.24, 2.45) is 5.92 Å². The van der Waals surface area contributed by atoms with E-state index in [1.807, 2.05) is 0 Å². The summed E-state index contributed by atoms with van der Waals surface area (Å²) in [7, 11) is 0. The summed E-state index contributed by atoms with van der Waals surface area (Å²) >= 11 is 0. The van der Waals surface area contributed by atoms with Crippen LogP contribution in [0.2, 0.25) is 0 Å². The SMILES string of the molecule is O=C(c1ccno1)N1CC(Cn2nc3c(cc2=O)CCCC3)C1. The van der Waals surface area contributed by atoms with Gasteiger partial charge in [-0.2, -0.15) is 5.10 Å². The highest BCUT2D eigenvalue weighted by Crippen LogP contribution is 2.21. The van der Waals surface area contributed by atoms with Gasteiger partial charge >= 0.3 is 0 Å². The first kappa shape index (κ1) is 14.2. The van der Waals surface area contributed by atoms with Gasteiger partial charge in [0.05, 0.1) is 18.4 Å². The number of hydrogen-bond acceptors (Lipinski definition) is 5. The zero-order valence-electron chi connectivity index (χ0n) is 12.8. The van der Waals surface area contributed by atoms with Crippen LogP contribution in [-0.4, -0.2) is 38.8 Å². The molecule has 23 heavy (non-hydrogen) atoms. The molecule has 0 unspecified atom stereocenters. The number of carbonyl (C=O) groups excluding carboxylic acids is 1. The lowest BCUT2D eigenvalue weighted by atomic mass is 9.96. The lowest BCUT2D eigenvalue weighted by molar-refractivity contribution is 0.0418. The Kier molecular flexibility index (Phi) is 3.48. The Balaban J connectivity index is 1.41. The van der Waals surface area contributed by atoms with Crippen molar-refractivity contribution in [1.29, 1.82) is 0 Å². The molecule has 120 valence electrons. The fraction of sp³-hybridized carbons (Fsp3) is 0.500. The molecule has 0 saturated carbocycles. The van der Waals surface area contributed by atoms with Gasteiger partial charge in [0.1, 0.15) is 0 Å². The van der Waals surface area contributed by atoms with Gasteiger partial charge in [-0.3, -0.25) is 9.59 Å². The van der Waals surface area contributed by atoms with Gasteiger partial charge < -0.3 is 9.42 Å². The number of rotatable bonds is 3. The quantitative estimate of drug-likeness (QED) is 0.840. The van der Waals surface area contributed by atoms with Crippen LogP contribution in [-0.2, 0) is 19.4 Å². The lowest BCUT2D eigenvalue weighted by Gasteiger charge is -2.38. The molecule has 1 aliphatic heterocycles. The normalized spacial score (nSPS) is 17.7. The number of nitrogens with zero attached hydrogens (tertiary/aromatic N) is 4. The van der Waals surface area contributed by atoms with Gasteiger partial charge in [-0.1, -0.05) is 5.16 Å². The van der Waals surface area contributed by atoms with E-state index in [4.69, 9.17) is 4.52 Å². The van der Waals surface area contributed by atoms with E-state index in [0.717, 1.165) is 36.9 Å². The smallest absolute Gasteiger partial charge is 0.292 e. The van der Waals surface area contributed by atoms with E-state index in [1.54, 1.807) is 21.7 Å². The summed E-state index contributed by atoms with van der Waals surface area (Å²) in [5.41, 5.74) is 2.13. The van der Waals surface area contributed by atoms with Crippen molar-refractivity contribution < 1.29 is 9.32 Å². The summed E-state index contributed by atoms with van der Waals surface area (Å²) in [6, 6.07) is 3.29. The molecule has 1 saturated heterocycles. The van der Waals surface area contributed by atoms with E-state index < -0.39 is 0 Å². The molecule has 3 heterocycles. The zero-order valence-corrected chi connectivity index (χ0v) is 12.8. The summed E-state index contributed by atoms with van der Waals surface area (Å²) < 4.78 is 6.44. The number of hydrogen-bond donors (Lipinski definition) is 0. The Hall–Kier alpha value is -2.44. The summed E-state index contributed by atoms with van der Waals surface area (Å²) in [5, 5.41) is 8.07. The molecule has 0 atom stereocenters. The fourth-order valence-electron chi connectivity index (χ4n) is 3.31. The van der Waals surface area contributed by atoms with E-state index in [2.05, 4.69) is 10.3 Å². The van der Waals surface area contributed by atoms with Crippen molar-refractivity contribution >= 4 is 5.91 Å². The molecule has 2 aliphatic rings. The Bertz CT molecular complexity index is 775. The Morgan fingerprint density at radius 2 is 2.13 bits per heavy atom. The van der Waals surface area contributed by atoms with Gasteiger partial charge in [0, 0.05) is 31.1 Å². The van der Waals surface area contributed by atoms with Gasteiger partial charge in [-0.05, 0) is 31.2 Å². The standard InChI is InChI=1S/C16H18N4O3/c21-15-7-12-3-1-2-4-13(12)18-20(15)10-11-8-19(9-11)16(22)14-5-6-17-23-14/h5-7,11H,1-4,8-10H2. The lowest BCUT2D eigenvalue weighted by Crippen LogP contribution is -2.52. The minimum atomic E-state index is -0.149. The first-order chi connectivity index (χ1) is 11.2. The van der Waals surface area contributed by atoms with Gasteiger partial charge in [0.2, 0.25) is 5.76 Å². The van der Waals surface area contributed by atoms with Crippen molar-refractivity contribution in [3.63, 3.8) is 0 Å². The first-order valence-corrected chi connectivity index (χ1v) is 8.00. The molecular formula is C16H18N4O3. The average molecular weight is 314 g/mol. The minimum absolute atomic E-state index is 0.0364. The van der Waals surface area contributed by atoms with E-state index in [-0.39, 0.29) is 23.1 Å². The Labute approximate surface area is 132 Å². The van der Waals surface area contributed by atoms with Crippen LogP contribution in [0.3, 0.4) is 0 Å². The molecule has 2 aromatic heterocycles. The highest BCUT2D eigenvalue weighted by Gasteiger charge is 2.33. The molecule has 7 nitrogen and oxygen atoms in total. The van der Waals surface area contributed by atoms with E-state index in [1.165, 1.54) is 6.20 Å². The number of fused-ring (bicyclic) bond motifs is 1. The number of amides is 1. The van der Waals surface area contributed by atoms with Gasteiger partial charge in [-0.15, -0.1) is 0 Å². The maximum atomic E-state index is 12.2. The van der Waals surface area contributed by atoms with Crippen LogP contribution in [0.25, 0.3) is 0 Å². The topological polar surface area (TPSA) is 81.2 Å². The number of likely N-dealkylation sites (tertiary alicyclic amines) is 1. The molecule has 1 amide bonds. The third kappa shape index (κ3) is 2.67. The van der Waals surface area contributed by atoms with Crippen LogP contribution in [0.15, 0.2) is 27.6 Å². The van der Waals surface area contributed by atoms with Gasteiger partial charge in [0.15, 0.2) is 0 Å². The third-order valence-corrected chi connectivity index (χ3v) is 4.60. The molecule has 1 aliphatic carbocycles. The predicted molar refractivity (Wildman–Crippen MR) is 81.0 cm³/mol. The van der Waals surface area contributed by atoms with Crippen LogP contribution >= 0.6 is 0 Å². The monoisotopic (exact) mass is 314 g/mol. The van der Waals surface area contributed by atoms with Crippen LogP contribution < -0.4 is 5.56 Å². The second-order valence-corrected chi connectivity index (χ2v) is 6.30. The van der Waals surface area contributed by atoms with Crippen LogP contribution in [0.1, 0.15) is 34.7 Å². The number of aromatic nitrogens is 3. The second-order valence-electron chi connectivity index (χ2n) is 6.30. The predicted octanol–water partition coefficient (Wildman–Crippen LogP) is 0.882.